The molecule has 2 fully saturated rings. The molecule has 1 saturated carbocycles. The molecule has 0 unspecified atom stereocenters. The highest BCUT2D eigenvalue weighted by atomic mass is 32.1. The highest BCUT2D eigenvalue weighted by Crippen LogP contribution is 2.28. The SMILES string of the molecule is Cc1ccc([C@H](C)N[C@@H]2CCN(C(=O)C3CCCC3)C2)s1. The van der Waals surface area contributed by atoms with Gasteiger partial charge in [0.25, 0.3) is 0 Å². The lowest BCUT2D eigenvalue weighted by molar-refractivity contribution is -0.134. The number of carbonyl (C=O) groups excluding carboxylic acids is 1. The maximum atomic E-state index is 12.5. The molecule has 0 aromatic carbocycles. The minimum Gasteiger partial charge on any atom is -0.341 e. The summed E-state index contributed by atoms with van der Waals surface area (Å²) in [5, 5.41) is 3.70. The number of amides is 1. The molecular formula is C17H26N2OS. The summed E-state index contributed by atoms with van der Waals surface area (Å²) in [6, 6.07) is 5.24. The van der Waals surface area contributed by atoms with Gasteiger partial charge in [-0.3, -0.25) is 4.79 Å². The molecule has 3 nitrogen and oxygen atoms in total. The van der Waals surface area contributed by atoms with Crippen LogP contribution in [0.25, 0.3) is 0 Å². The number of thiophene rings is 1. The lowest BCUT2D eigenvalue weighted by atomic mass is 10.1. The number of hydrogen-bond donors (Lipinski definition) is 1. The molecule has 21 heavy (non-hydrogen) atoms. The Bertz CT molecular complexity index is 493. The van der Waals surface area contributed by atoms with E-state index in [2.05, 4.69) is 36.2 Å². The van der Waals surface area contributed by atoms with E-state index in [4.69, 9.17) is 0 Å². The molecule has 1 aromatic heterocycles. The topological polar surface area (TPSA) is 32.3 Å². The fourth-order valence-corrected chi connectivity index (χ4v) is 4.54. The van der Waals surface area contributed by atoms with Crippen LogP contribution >= 0.6 is 11.3 Å². The third-order valence-electron chi connectivity index (χ3n) is 4.88. The Morgan fingerprint density at radius 3 is 2.76 bits per heavy atom. The van der Waals surface area contributed by atoms with Crippen LogP contribution in [0.3, 0.4) is 0 Å². The summed E-state index contributed by atoms with van der Waals surface area (Å²) in [4.78, 5) is 17.3. The quantitative estimate of drug-likeness (QED) is 0.923. The number of nitrogens with one attached hydrogen (secondary N) is 1. The van der Waals surface area contributed by atoms with Gasteiger partial charge in [-0.05, 0) is 45.2 Å². The fraction of sp³-hybridized carbons (Fsp3) is 0.706. The zero-order valence-corrected chi connectivity index (χ0v) is 13.9. The van der Waals surface area contributed by atoms with Gasteiger partial charge in [-0.2, -0.15) is 0 Å². The number of likely N-dealkylation sites (tertiary alicyclic amines) is 1. The van der Waals surface area contributed by atoms with Crippen LogP contribution in [0.1, 0.15) is 54.8 Å². The zero-order chi connectivity index (χ0) is 14.8. The normalized spacial score (nSPS) is 24.7. The molecule has 1 aromatic rings. The lowest BCUT2D eigenvalue weighted by Crippen LogP contribution is -2.38. The van der Waals surface area contributed by atoms with Crippen molar-refractivity contribution in [3.8, 4) is 0 Å². The van der Waals surface area contributed by atoms with E-state index in [9.17, 15) is 4.79 Å². The van der Waals surface area contributed by atoms with Crippen LogP contribution < -0.4 is 5.32 Å². The summed E-state index contributed by atoms with van der Waals surface area (Å²) in [6.07, 6.45) is 5.78. The van der Waals surface area contributed by atoms with Crippen LogP contribution in [0, 0.1) is 12.8 Å². The van der Waals surface area contributed by atoms with Crippen molar-refractivity contribution in [3.63, 3.8) is 0 Å². The predicted octanol–water partition coefficient (Wildman–Crippen LogP) is 3.50. The van der Waals surface area contributed by atoms with Gasteiger partial charge in [0.2, 0.25) is 5.91 Å². The first-order chi connectivity index (χ1) is 10.1. The third kappa shape index (κ3) is 3.49. The number of nitrogens with zero attached hydrogens (tertiary/aromatic N) is 1. The molecule has 1 aliphatic heterocycles. The van der Waals surface area contributed by atoms with E-state index in [1.54, 1.807) is 0 Å². The predicted molar refractivity (Wildman–Crippen MR) is 87.5 cm³/mol. The van der Waals surface area contributed by atoms with Gasteiger partial charge in [0, 0.05) is 40.8 Å². The summed E-state index contributed by atoms with van der Waals surface area (Å²) in [6.45, 7) is 6.21. The molecule has 1 saturated heterocycles. The maximum Gasteiger partial charge on any atom is 0.225 e. The number of hydrogen-bond acceptors (Lipinski definition) is 3. The van der Waals surface area contributed by atoms with Crippen molar-refractivity contribution < 1.29 is 4.79 Å². The monoisotopic (exact) mass is 306 g/mol. The van der Waals surface area contributed by atoms with E-state index < -0.39 is 0 Å². The van der Waals surface area contributed by atoms with E-state index >= 15 is 0 Å². The van der Waals surface area contributed by atoms with Crippen LogP contribution in [-0.2, 0) is 4.79 Å². The Morgan fingerprint density at radius 1 is 1.33 bits per heavy atom. The molecule has 0 radical (unpaired) electrons. The van der Waals surface area contributed by atoms with Gasteiger partial charge in [0.1, 0.15) is 0 Å². The molecular weight excluding hydrogens is 280 g/mol. The molecule has 2 atom stereocenters. The van der Waals surface area contributed by atoms with Crippen molar-refractivity contribution in [2.45, 2.75) is 58.0 Å². The second-order valence-electron chi connectivity index (χ2n) is 6.59. The first-order valence-corrected chi connectivity index (χ1v) is 9.06. The van der Waals surface area contributed by atoms with Gasteiger partial charge in [0.15, 0.2) is 0 Å². The minimum absolute atomic E-state index is 0.320. The standard InChI is InChI=1S/C17H26N2OS/c1-12-7-8-16(21-12)13(2)18-15-9-10-19(11-15)17(20)14-5-3-4-6-14/h7-8,13-15,18H,3-6,9-11H2,1-2H3/t13-,15+/m0/s1. The molecule has 116 valence electrons. The van der Waals surface area contributed by atoms with Crippen LogP contribution in [0.5, 0.6) is 0 Å². The molecule has 1 amide bonds. The minimum atomic E-state index is 0.320. The van der Waals surface area contributed by atoms with Crippen LogP contribution in [0.15, 0.2) is 12.1 Å². The molecule has 4 heteroatoms. The van der Waals surface area contributed by atoms with Crippen molar-refractivity contribution in [2.24, 2.45) is 5.92 Å². The van der Waals surface area contributed by atoms with Crippen LogP contribution in [-0.4, -0.2) is 29.9 Å². The second kappa shape index (κ2) is 6.49. The Kier molecular flexibility index (Phi) is 4.65. The first kappa shape index (κ1) is 15.0. The van der Waals surface area contributed by atoms with Crippen molar-refractivity contribution in [1.29, 1.82) is 0 Å². The molecule has 3 rings (SSSR count). The summed E-state index contributed by atoms with van der Waals surface area (Å²) in [5.41, 5.74) is 0. The van der Waals surface area contributed by atoms with Gasteiger partial charge in [-0.1, -0.05) is 12.8 Å². The number of rotatable bonds is 4. The molecule has 2 heterocycles. The summed E-state index contributed by atoms with van der Waals surface area (Å²) >= 11 is 1.86. The van der Waals surface area contributed by atoms with Crippen molar-refractivity contribution in [1.82, 2.24) is 10.2 Å². The Balaban J connectivity index is 1.51. The summed E-state index contributed by atoms with van der Waals surface area (Å²) in [7, 11) is 0. The van der Waals surface area contributed by atoms with Crippen molar-refractivity contribution in [3.05, 3.63) is 21.9 Å². The van der Waals surface area contributed by atoms with Crippen LogP contribution in [0.2, 0.25) is 0 Å². The van der Waals surface area contributed by atoms with E-state index in [-0.39, 0.29) is 0 Å². The molecule has 1 aliphatic carbocycles. The van der Waals surface area contributed by atoms with Gasteiger partial charge >= 0.3 is 0 Å². The second-order valence-corrected chi connectivity index (χ2v) is 7.91. The van der Waals surface area contributed by atoms with Crippen molar-refractivity contribution >= 4 is 17.2 Å². The zero-order valence-electron chi connectivity index (χ0n) is 13.1. The molecule has 0 spiro atoms. The van der Waals surface area contributed by atoms with Gasteiger partial charge in [0.05, 0.1) is 0 Å². The third-order valence-corrected chi connectivity index (χ3v) is 6.06. The number of carbonyl (C=O) groups is 1. The highest BCUT2D eigenvalue weighted by molar-refractivity contribution is 7.12. The Morgan fingerprint density at radius 2 is 2.10 bits per heavy atom. The number of aryl methyl sites for hydroxylation is 1. The van der Waals surface area contributed by atoms with E-state index in [0.29, 0.717) is 23.9 Å². The lowest BCUT2D eigenvalue weighted by Gasteiger charge is -2.22. The van der Waals surface area contributed by atoms with E-state index in [1.807, 2.05) is 11.3 Å². The van der Waals surface area contributed by atoms with Gasteiger partial charge < -0.3 is 10.2 Å². The van der Waals surface area contributed by atoms with E-state index in [1.165, 1.54) is 22.6 Å². The largest absolute Gasteiger partial charge is 0.341 e. The summed E-state index contributed by atoms with van der Waals surface area (Å²) < 4.78 is 0. The average Bonchev–Trinajstić information content (AvgIpc) is 3.18. The fourth-order valence-electron chi connectivity index (χ4n) is 3.65. The maximum absolute atomic E-state index is 12.5. The smallest absolute Gasteiger partial charge is 0.225 e. The highest BCUT2D eigenvalue weighted by Gasteiger charge is 2.32. The molecule has 0 bridgehead atoms. The Labute approximate surface area is 131 Å². The average molecular weight is 306 g/mol. The van der Waals surface area contributed by atoms with Gasteiger partial charge in [-0.15, -0.1) is 11.3 Å². The van der Waals surface area contributed by atoms with Crippen LogP contribution in [0.4, 0.5) is 0 Å². The van der Waals surface area contributed by atoms with Gasteiger partial charge in [-0.25, -0.2) is 0 Å². The summed E-state index contributed by atoms with van der Waals surface area (Å²) in [5.74, 6) is 0.734. The Hall–Kier alpha value is -0.870. The molecule has 2 aliphatic rings. The van der Waals surface area contributed by atoms with Crippen molar-refractivity contribution in [2.75, 3.05) is 13.1 Å². The first-order valence-electron chi connectivity index (χ1n) is 8.24. The molecule has 1 N–H and O–H groups in total. The van der Waals surface area contributed by atoms with E-state index in [0.717, 1.165) is 32.4 Å².